The Bertz CT molecular complexity index is 1010. The highest BCUT2D eigenvalue weighted by molar-refractivity contribution is 5.91. The van der Waals surface area contributed by atoms with E-state index in [1.807, 2.05) is 48.5 Å². The lowest BCUT2D eigenvalue weighted by molar-refractivity contribution is -0.116. The number of aromatic nitrogens is 2. The van der Waals surface area contributed by atoms with E-state index in [0.29, 0.717) is 19.4 Å². The van der Waals surface area contributed by atoms with Crippen molar-refractivity contribution < 1.29 is 9.59 Å². The Morgan fingerprint density at radius 1 is 1.03 bits per heavy atom. The summed E-state index contributed by atoms with van der Waals surface area (Å²) >= 11 is 0. The van der Waals surface area contributed by atoms with Crippen LogP contribution in [0.4, 0.5) is 10.5 Å². The van der Waals surface area contributed by atoms with E-state index in [2.05, 4.69) is 25.9 Å². The number of urea groups is 1. The first-order chi connectivity index (χ1) is 15.2. The van der Waals surface area contributed by atoms with Gasteiger partial charge in [-0.1, -0.05) is 43.5 Å². The number of nitrogens with zero attached hydrogens (tertiary/aromatic N) is 1. The molecule has 0 radical (unpaired) electrons. The molecule has 1 aromatic heterocycles. The molecule has 0 spiro atoms. The van der Waals surface area contributed by atoms with Crippen molar-refractivity contribution in [1.29, 1.82) is 0 Å². The molecule has 0 aliphatic heterocycles. The fraction of sp³-hybridized carbons (Fsp3) is 0.375. The Balaban J connectivity index is 1.22. The third-order valence-corrected chi connectivity index (χ3v) is 5.62. The molecular weight excluding hydrogens is 390 g/mol. The van der Waals surface area contributed by atoms with E-state index >= 15 is 0 Å². The minimum atomic E-state index is -0.133. The van der Waals surface area contributed by atoms with E-state index in [9.17, 15) is 9.59 Å². The summed E-state index contributed by atoms with van der Waals surface area (Å²) in [4.78, 5) is 32.2. The molecule has 31 heavy (non-hydrogen) atoms. The van der Waals surface area contributed by atoms with E-state index in [-0.39, 0.29) is 18.0 Å². The van der Waals surface area contributed by atoms with Gasteiger partial charge in [0.05, 0.1) is 11.0 Å². The summed E-state index contributed by atoms with van der Waals surface area (Å²) in [7, 11) is 0. The number of H-pyrrole nitrogens is 1. The number of hydrogen-bond donors (Lipinski definition) is 4. The van der Waals surface area contributed by atoms with Crippen LogP contribution in [0.15, 0.2) is 48.5 Å². The average molecular weight is 420 g/mol. The van der Waals surface area contributed by atoms with Crippen molar-refractivity contribution in [2.24, 2.45) is 0 Å². The summed E-state index contributed by atoms with van der Waals surface area (Å²) in [5.74, 6) is 0.696. The van der Waals surface area contributed by atoms with Crippen LogP contribution in [0, 0.1) is 0 Å². The van der Waals surface area contributed by atoms with Gasteiger partial charge >= 0.3 is 6.03 Å². The van der Waals surface area contributed by atoms with E-state index in [0.717, 1.165) is 41.0 Å². The molecule has 1 saturated carbocycles. The Morgan fingerprint density at radius 2 is 1.87 bits per heavy atom. The smallest absolute Gasteiger partial charge is 0.315 e. The molecule has 4 N–H and O–H groups in total. The van der Waals surface area contributed by atoms with Crippen LogP contribution in [0.3, 0.4) is 0 Å². The highest BCUT2D eigenvalue weighted by Gasteiger charge is 2.15. The van der Waals surface area contributed by atoms with Crippen molar-refractivity contribution in [3.8, 4) is 11.4 Å². The molecule has 3 amide bonds. The maximum atomic E-state index is 12.3. The largest absolute Gasteiger partial charge is 0.338 e. The number of para-hydroxylation sites is 2. The zero-order valence-corrected chi connectivity index (χ0v) is 17.6. The highest BCUT2D eigenvalue weighted by Crippen LogP contribution is 2.23. The number of carbonyl (C=O) groups excluding carboxylic acids is 2. The lowest BCUT2D eigenvalue weighted by Crippen LogP contribution is -2.43. The molecule has 0 atom stereocenters. The molecule has 0 bridgehead atoms. The molecule has 0 saturated heterocycles. The number of carbonyl (C=O) groups is 2. The molecule has 1 aliphatic carbocycles. The second-order valence-electron chi connectivity index (χ2n) is 8.07. The van der Waals surface area contributed by atoms with Crippen molar-refractivity contribution >= 4 is 28.7 Å². The van der Waals surface area contributed by atoms with Gasteiger partial charge in [0.25, 0.3) is 0 Å². The monoisotopic (exact) mass is 419 g/mol. The standard InChI is InChI=1S/C24H29N5O2/c30-22(14-7-15-25-24(31)27-18-9-2-1-3-10-18)26-19-11-6-8-17(16-19)23-28-20-12-4-5-13-21(20)29-23/h4-6,8,11-13,16,18H,1-3,7,9-10,14-15H2,(H,26,30)(H,28,29)(H2,25,27,31). The van der Waals surface area contributed by atoms with Crippen LogP contribution in [0.5, 0.6) is 0 Å². The third-order valence-electron chi connectivity index (χ3n) is 5.62. The molecule has 1 fully saturated rings. The summed E-state index contributed by atoms with van der Waals surface area (Å²) in [6.07, 6.45) is 6.68. The highest BCUT2D eigenvalue weighted by atomic mass is 16.2. The Kier molecular flexibility index (Phi) is 6.82. The van der Waals surface area contributed by atoms with Crippen LogP contribution >= 0.6 is 0 Å². The van der Waals surface area contributed by atoms with Crippen molar-refractivity contribution in [2.45, 2.75) is 51.0 Å². The molecule has 4 rings (SSSR count). The van der Waals surface area contributed by atoms with Gasteiger partial charge in [0.1, 0.15) is 5.82 Å². The predicted octanol–water partition coefficient (Wildman–Crippen LogP) is 4.58. The number of amides is 3. The zero-order chi connectivity index (χ0) is 21.5. The number of anilines is 1. The summed E-state index contributed by atoms with van der Waals surface area (Å²) in [5, 5.41) is 8.80. The minimum Gasteiger partial charge on any atom is -0.338 e. The van der Waals surface area contributed by atoms with Gasteiger partial charge in [-0.15, -0.1) is 0 Å². The van der Waals surface area contributed by atoms with Crippen LogP contribution in [0.1, 0.15) is 44.9 Å². The van der Waals surface area contributed by atoms with Gasteiger partial charge in [0, 0.05) is 30.3 Å². The first-order valence-electron chi connectivity index (χ1n) is 11.1. The van der Waals surface area contributed by atoms with E-state index in [1.54, 1.807) is 0 Å². The maximum absolute atomic E-state index is 12.3. The molecule has 2 aromatic carbocycles. The van der Waals surface area contributed by atoms with Crippen molar-refractivity contribution in [3.05, 3.63) is 48.5 Å². The Morgan fingerprint density at radius 3 is 2.71 bits per heavy atom. The minimum absolute atomic E-state index is 0.0729. The number of hydrogen-bond acceptors (Lipinski definition) is 3. The predicted molar refractivity (Wildman–Crippen MR) is 123 cm³/mol. The first kappa shape index (κ1) is 20.9. The van der Waals surface area contributed by atoms with E-state index < -0.39 is 0 Å². The third kappa shape index (κ3) is 5.84. The average Bonchev–Trinajstić information content (AvgIpc) is 3.22. The topological polar surface area (TPSA) is 98.9 Å². The molecule has 3 aromatic rings. The fourth-order valence-corrected chi connectivity index (χ4v) is 3.99. The maximum Gasteiger partial charge on any atom is 0.315 e. The molecule has 162 valence electrons. The Hall–Kier alpha value is -3.35. The SMILES string of the molecule is O=C(CCCNC(=O)NC1CCCCC1)Nc1cccc(-c2nc3ccccc3[nH]2)c1. The lowest BCUT2D eigenvalue weighted by Gasteiger charge is -2.22. The van der Waals surface area contributed by atoms with Crippen LogP contribution in [0.2, 0.25) is 0 Å². The van der Waals surface area contributed by atoms with Crippen molar-refractivity contribution in [2.75, 3.05) is 11.9 Å². The number of imidazole rings is 1. The molecule has 7 heteroatoms. The molecule has 1 heterocycles. The van der Waals surface area contributed by atoms with Crippen LogP contribution < -0.4 is 16.0 Å². The van der Waals surface area contributed by atoms with Gasteiger partial charge in [-0.05, 0) is 43.5 Å². The number of nitrogens with one attached hydrogen (secondary N) is 4. The Labute approximate surface area is 182 Å². The molecule has 0 unspecified atom stereocenters. The van der Waals surface area contributed by atoms with E-state index in [4.69, 9.17) is 0 Å². The second-order valence-corrected chi connectivity index (χ2v) is 8.07. The van der Waals surface area contributed by atoms with Gasteiger partial charge in [-0.2, -0.15) is 0 Å². The van der Waals surface area contributed by atoms with E-state index in [1.165, 1.54) is 19.3 Å². The van der Waals surface area contributed by atoms with Crippen LogP contribution in [-0.4, -0.2) is 34.5 Å². The number of aromatic amines is 1. The summed E-state index contributed by atoms with van der Waals surface area (Å²) < 4.78 is 0. The van der Waals surface area contributed by atoms with Crippen LogP contribution in [0.25, 0.3) is 22.4 Å². The fourth-order valence-electron chi connectivity index (χ4n) is 3.99. The molecular formula is C24H29N5O2. The van der Waals surface area contributed by atoms with Gasteiger partial charge < -0.3 is 20.9 Å². The first-order valence-corrected chi connectivity index (χ1v) is 11.1. The summed E-state index contributed by atoms with van der Waals surface area (Å²) in [6.45, 7) is 0.477. The number of rotatable bonds is 7. The summed E-state index contributed by atoms with van der Waals surface area (Å²) in [5.41, 5.74) is 3.53. The second kappa shape index (κ2) is 10.1. The zero-order valence-electron chi connectivity index (χ0n) is 17.6. The van der Waals surface area contributed by atoms with Crippen LogP contribution in [-0.2, 0) is 4.79 Å². The van der Waals surface area contributed by atoms with Gasteiger partial charge in [0.15, 0.2) is 0 Å². The number of benzene rings is 2. The molecule has 7 nitrogen and oxygen atoms in total. The van der Waals surface area contributed by atoms with Crippen molar-refractivity contribution in [1.82, 2.24) is 20.6 Å². The normalized spacial score (nSPS) is 14.3. The lowest BCUT2D eigenvalue weighted by atomic mass is 9.96. The van der Waals surface area contributed by atoms with Gasteiger partial charge in [0.2, 0.25) is 5.91 Å². The van der Waals surface area contributed by atoms with Gasteiger partial charge in [-0.3, -0.25) is 4.79 Å². The van der Waals surface area contributed by atoms with Gasteiger partial charge in [-0.25, -0.2) is 9.78 Å². The summed E-state index contributed by atoms with van der Waals surface area (Å²) in [6, 6.07) is 15.7. The number of fused-ring (bicyclic) bond motifs is 1. The molecule has 1 aliphatic rings. The van der Waals surface area contributed by atoms with Crippen molar-refractivity contribution in [3.63, 3.8) is 0 Å². The quantitative estimate of drug-likeness (QED) is 0.422.